The van der Waals surface area contributed by atoms with Gasteiger partial charge in [-0.2, -0.15) is 0 Å². The lowest BCUT2D eigenvalue weighted by Crippen LogP contribution is -2.38. The van der Waals surface area contributed by atoms with Crippen LogP contribution in [0.2, 0.25) is 0 Å². The van der Waals surface area contributed by atoms with E-state index in [1.54, 1.807) is 30.3 Å². The molecule has 6 nitrogen and oxygen atoms in total. The van der Waals surface area contributed by atoms with E-state index in [-0.39, 0.29) is 12.1 Å². The molecule has 2 N–H and O–H groups in total. The van der Waals surface area contributed by atoms with Crippen molar-refractivity contribution < 1.29 is 19.2 Å². The van der Waals surface area contributed by atoms with Gasteiger partial charge in [0.05, 0.1) is 23.1 Å². The molecule has 2 aromatic rings. The Balaban J connectivity index is 2.09. The number of nitro benzene ring substituents is 1. The third-order valence-electron chi connectivity index (χ3n) is 3.40. The van der Waals surface area contributed by atoms with Crippen LogP contribution in [0.15, 0.2) is 48.5 Å². The van der Waals surface area contributed by atoms with Crippen molar-refractivity contribution in [2.24, 2.45) is 0 Å². The number of carbonyl (C=O) groups excluding carboxylic acids is 1. The zero-order valence-electron chi connectivity index (χ0n) is 12.3. The van der Waals surface area contributed by atoms with Crippen LogP contribution in [0.4, 0.5) is 10.1 Å². The molecule has 0 radical (unpaired) electrons. The van der Waals surface area contributed by atoms with Gasteiger partial charge in [0.1, 0.15) is 11.4 Å². The Morgan fingerprint density at radius 2 is 1.96 bits per heavy atom. The number of nitrogens with one attached hydrogen (secondary N) is 1. The van der Waals surface area contributed by atoms with E-state index in [0.29, 0.717) is 11.6 Å². The summed E-state index contributed by atoms with van der Waals surface area (Å²) < 4.78 is 13.8. The maximum atomic E-state index is 13.8. The van der Waals surface area contributed by atoms with Gasteiger partial charge in [-0.25, -0.2) is 4.39 Å². The molecule has 0 aliphatic rings. The quantitative estimate of drug-likeness (QED) is 0.654. The molecule has 120 valence electrons. The largest absolute Gasteiger partial charge is 0.384 e. The van der Waals surface area contributed by atoms with Crippen molar-refractivity contribution in [2.75, 3.05) is 6.54 Å². The molecule has 7 heteroatoms. The van der Waals surface area contributed by atoms with Crippen molar-refractivity contribution in [3.8, 4) is 0 Å². The molecule has 1 amide bonds. The van der Waals surface area contributed by atoms with Gasteiger partial charge in [-0.3, -0.25) is 14.9 Å². The Morgan fingerprint density at radius 1 is 1.30 bits per heavy atom. The van der Waals surface area contributed by atoms with Crippen molar-refractivity contribution in [3.63, 3.8) is 0 Å². The Morgan fingerprint density at radius 3 is 2.52 bits per heavy atom. The van der Waals surface area contributed by atoms with Gasteiger partial charge in [0, 0.05) is 6.07 Å². The molecule has 2 rings (SSSR count). The van der Waals surface area contributed by atoms with Crippen molar-refractivity contribution in [1.82, 2.24) is 5.32 Å². The predicted octanol–water partition coefficient (Wildman–Crippen LogP) is 2.37. The minimum Gasteiger partial charge on any atom is -0.384 e. The predicted molar refractivity (Wildman–Crippen MR) is 81.4 cm³/mol. The van der Waals surface area contributed by atoms with Gasteiger partial charge in [0.15, 0.2) is 0 Å². The molecule has 23 heavy (non-hydrogen) atoms. The maximum absolute atomic E-state index is 13.8. The summed E-state index contributed by atoms with van der Waals surface area (Å²) in [5, 5.41) is 23.4. The monoisotopic (exact) mass is 318 g/mol. The summed E-state index contributed by atoms with van der Waals surface area (Å²) in [4.78, 5) is 21.8. The summed E-state index contributed by atoms with van der Waals surface area (Å²) in [7, 11) is 0. The molecule has 0 saturated carbocycles. The normalized spacial score (nSPS) is 13.2. The van der Waals surface area contributed by atoms with Crippen molar-refractivity contribution in [3.05, 3.63) is 75.6 Å². The van der Waals surface area contributed by atoms with Gasteiger partial charge in [0.25, 0.3) is 11.6 Å². The number of nitrogens with zero attached hydrogens (tertiary/aromatic N) is 1. The van der Waals surface area contributed by atoms with Crippen molar-refractivity contribution in [2.45, 2.75) is 12.5 Å². The fraction of sp³-hybridized carbons (Fsp3) is 0.188. The van der Waals surface area contributed by atoms with Crippen LogP contribution >= 0.6 is 0 Å². The van der Waals surface area contributed by atoms with Crippen LogP contribution in [0.5, 0.6) is 0 Å². The average molecular weight is 318 g/mol. The number of hydrogen-bond acceptors (Lipinski definition) is 4. The number of amides is 1. The van der Waals surface area contributed by atoms with Gasteiger partial charge in [-0.05, 0) is 18.6 Å². The number of carbonyl (C=O) groups is 1. The number of hydrogen-bond donors (Lipinski definition) is 2. The van der Waals surface area contributed by atoms with Gasteiger partial charge < -0.3 is 10.4 Å². The molecular weight excluding hydrogens is 303 g/mol. The first-order valence-electron chi connectivity index (χ1n) is 6.81. The lowest BCUT2D eigenvalue weighted by Gasteiger charge is -2.24. The first-order chi connectivity index (χ1) is 10.8. The highest BCUT2D eigenvalue weighted by Gasteiger charge is 2.24. The SMILES string of the molecule is CC(O)(CNC(=O)c1ccc([N+](=O)[O-])cc1F)c1ccccc1. The van der Waals surface area contributed by atoms with Crippen LogP contribution < -0.4 is 5.32 Å². The first kappa shape index (κ1) is 16.6. The van der Waals surface area contributed by atoms with Gasteiger partial charge in [-0.15, -0.1) is 0 Å². The molecule has 0 spiro atoms. The van der Waals surface area contributed by atoms with Crippen LogP contribution in [-0.2, 0) is 5.60 Å². The maximum Gasteiger partial charge on any atom is 0.272 e. The van der Waals surface area contributed by atoms with Crippen LogP contribution in [0.1, 0.15) is 22.8 Å². The number of non-ortho nitro benzene ring substituents is 1. The smallest absolute Gasteiger partial charge is 0.272 e. The highest BCUT2D eigenvalue weighted by molar-refractivity contribution is 5.94. The molecule has 0 saturated heterocycles. The van der Waals surface area contributed by atoms with Crippen molar-refractivity contribution in [1.29, 1.82) is 0 Å². The molecular formula is C16H15FN2O4. The molecule has 0 bridgehead atoms. The highest BCUT2D eigenvalue weighted by Crippen LogP contribution is 2.20. The number of nitro groups is 1. The zero-order valence-corrected chi connectivity index (χ0v) is 12.3. The fourth-order valence-corrected chi connectivity index (χ4v) is 2.05. The Kier molecular flexibility index (Phi) is 4.71. The minimum atomic E-state index is -1.33. The Labute approximate surface area is 131 Å². The summed E-state index contributed by atoms with van der Waals surface area (Å²) in [6.07, 6.45) is 0. The first-order valence-corrected chi connectivity index (χ1v) is 6.81. The molecule has 0 aromatic heterocycles. The van der Waals surface area contributed by atoms with E-state index < -0.39 is 27.9 Å². The van der Waals surface area contributed by atoms with Gasteiger partial charge >= 0.3 is 0 Å². The third-order valence-corrected chi connectivity index (χ3v) is 3.40. The van der Waals surface area contributed by atoms with Crippen molar-refractivity contribution >= 4 is 11.6 Å². The topological polar surface area (TPSA) is 92.5 Å². The van der Waals surface area contributed by atoms with Crippen LogP contribution in [0, 0.1) is 15.9 Å². The number of benzene rings is 2. The average Bonchev–Trinajstić information content (AvgIpc) is 2.53. The summed E-state index contributed by atoms with van der Waals surface area (Å²) in [5.41, 5.74) is -1.48. The minimum absolute atomic E-state index is 0.133. The standard InChI is InChI=1S/C16H15FN2O4/c1-16(21,11-5-3-2-4-6-11)10-18-15(20)13-8-7-12(19(22)23)9-14(13)17/h2-9,21H,10H2,1H3,(H,18,20). The van der Waals surface area contributed by atoms with Crippen LogP contribution in [-0.4, -0.2) is 22.5 Å². The zero-order chi connectivity index (χ0) is 17.0. The summed E-state index contributed by atoms with van der Waals surface area (Å²) in [6.45, 7) is 1.39. The summed E-state index contributed by atoms with van der Waals surface area (Å²) >= 11 is 0. The molecule has 2 aromatic carbocycles. The second-order valence-corrected chi connectivity index (χ2v) is 5.24. The van der Waals surface area contributed by atoms with Crippen LogP contribution in [0.25, 0.3) is 0 Å². The fourth-order valence-electron chi connectivity index (χ4n) is 2.05. The summed E-state index contributed by atoms with van der Waals surface area (Å²) in [5.74, 6) is -1.75. The summed E-state index contributed by atoms with van der Waals surface area (Å²) in [6, 6.07) is 11.5. The van der Waals surface area contributed by atoms with E-state index in [0.717, 1.165) is 12.1 Å². The van der Waals surface area contributed by atoms with E-state index >= 15 is 0 Å². The van der Waals surface area contributed by atoms with E-state index in [1.165, 1.54) is 6.92 Å². The van der Waals surface area contributed by atoms with Gasteiger partial charge in [-0.1, -0.05) is 30.3 Å². The Bertz CT molecular complexity index is 732. The second-order valence-electron chi connectivity index (χ2n) is 5.24. The molecule has 0 heterocycles. The number of aliphatic hydroxyl groups is 1. The second kappa shape index (κ2) is 6.53. The third kappa shape index (κ3) is 3.89. The Hall–Kier alpha value is -2.80. The molecule has 0 aliphatic heterocycles. The van der Waals surface area contributed by atoms with Crippen LogP contribution in [0.3, 0.4) is 0 Å². The van der Waals surface area contributed by atoms with E-state index in [9.17, 15) is 24.4 Å². The lowest BCUT2D eigenvalue weighted by molar-refractivity contribution is -0.385. The lowest BCUT2D eigenvalue weighted by atomic mass is 9.96. The van der Waals surface area contributed by atoms with E-state index in [4.69, 9.17) is 0 Å². The molecule has 1 unspecified atom stereocenters. The number of halogens is 1. The molecule has 1 atom stereocenters. The number of rotatable bonds is 5. The highest BCUT2D eigenvalue weighted by atomic mass is 19.1. The molecule has 0 aliphatic carbocycles. The van der Waals surface area contributed by atoms with E-state index in [1.807, 2.05) is 0 Å². The van der Waals surface area contributed by atoms with Gasteiger partial charge in [0.2, 0.25) is 0 Å². The van der Waals surface area contributed by atoms with E-state index in [2.05, 4.69) is 5.32 Å². The molecule has 0 fully saturated rings.